The molecule has 0 bridgehead atoms. The fraction of sp³-hybridized carbons (Fsp3) is 0.368. The van der Waals surface area contributed by atoms with E-state index in [1.54, 1.807) is 0 Å². The van der Waals surface area contributed by atoms with E-state index in [0.717, 1.165) is 24.0 Å². The van der Waals surface area contributed by atoms with Crippen LogP contribution in [0.2, 0.25) is 10.0 Å². The van der Waals surface area contributed by atoms with Crippen molar-refractivity contribution in [1.82, 2.24) is 0 Å². The number of aliphatic hydroxyl groups excluding tert-OH is 2. The minimum Gasteiger partial charge on any atom is -0.490 e. The summed E-state index contributed by atoms with van der Waals surface area (Å²) in [5.41, 5.74) is 2.15. The highest BCUT2D eigenvalue weighted by molar-refractivity contribution is 6.32. The molecule has 1 fully saturated rings. The van der Waals surface area contributed by atoms with Crippen LogP contribution >= 0.6 is 23.2 Å². The number of ether oxygens (including phenoxy) is 2. The average molecular weight is 383 g/mol. The van der Waals surface area contributed by atoms with Crippen LogP contribution in [0.4, 0.5) is 0 Å². The Balaban J connectivity index is 1.85. The first-order valence-electron chi connectivity index (χ1n) is 8.18. The van der Waals surface area contributed by atoms with Gasteiger partial charge in [0.1, 0.15) is 24.7 Å². The zero-order valence-corrected chi connectivity index (χ0v) is 15.2. The molecule has 2 aromatic carbocycles. The molecule has 0 radical (unpaired) electrons. The maximum atomic E-state index is 8.86. The monoisotopic (exact) mass is 382 g/mol. The largest absolute Gasteiger partial charge is 0.490 e. The van der Waals surface area contributed by atoms with Crippen molar-refractivity contribution in [2.45, 2.75) is 18.3 Å². The van der Waals surface area contributed by atoms with E-state index in [4.69, 9.17) is 42.9 Å². The van der Waals surface area contributed by atoms with Gasteiger partial charge in [-0.3, -0.25) is 0 Å². The molecule has 134 valence electrons. The second kappa shape index (κ2) is 7.83. The molecule has 6 heteroatoms. The first-order valence-corrected chi connectivity index (χ1v) is 8.94. The van der Waals surface area contributed by atoms with Gasteiger partial charge in [0.15, 0.2) is 0 Å². The van der Waals surface area contributed by atoms with Gasteiger partial charge in [0, 0.05) is 5.41 Å². The van der Waals surface area contributed by atoms with E-state index in [0.29, 0.717) is 21.5 Å². The number of benzene rings is 2. The molecular formula is C19H20Cl2O4. The maximum absolute atomic E-state index is 8.86. The van der Waals surface area contributed by atoms with Crippen LogP contribution in [0.5, 0.6) is 11.5 Å². The van der Waals surface area contributed by atoms with E-state index in [1.165, 1.54) is 0 Å². The van der Waals surface area contributed by atoms with Gasteiger partial charge in [-0.1, -0.05) is 35.3 Å². The fourth-order valence-corrected chi connectivity index (χ4v) is 3.48. The fourth-order valence-electron chi connectivity index (χ4n) is 3.01. The quantitative estimate of drug-likeness (QED) is 0.728. The van der Waals surface area contributed by atoms with Gasteiger partial charge in [0.25, 0.3) is 0 Å². The Morgan fingerprint density at radius 2 is 1.24 bits per heavy atom. The molecule has 1 aliphatic carbocycles. The van der Waals surface area contributed by atoms with Gasteiger partial charge in [0.2, 0.25) is 0 Å². The Bertz CT molecular complexity index is 685. The molecule has 25 heavy (non-hydrogen) atoms. The number of rotatable bonds is 8. The van der Waals surface area contributed by atoms with Crippen molar-refractivity contribution < 1.29 is 19.7 Å². The number of halogens is 2. The summed E-state index contributed by atoms with van der Waals surface area (Å²) in [6, 6.07) is 11.5. The molecule has 0 heterocycles. The van der Waals surface area contributed by atoms with Gasteiger partial charge in [0.05, 0.1) is 23.3 Å². The minimum atomic E-state index is -0.0850. The van der Waals surface area contributed by atoms with Crippen LogP contribution in [-0.2, 0) is 5.41 Å². The molecule has 0 unspecified atom stereocenters. The summed E-state index contributed by atoms with van der Waals surface area (Å²) in [6.45, 7) is 0.334. The topological polar surface area (TPSA) is 58.9 Å². The summed E-state index contributed by atoms with van der Waals surface area (Å²) < 4.78 is 10.8. The summed E-state index contributed by atoms with van der Waals surface area (Å²) in [6.07, 6.45) is 2.04. The lowest BCUT2D eigenvalue weighted by molar-refractivity contribution is 0.201. The molecule has 0 atom stereocenters. The van der Waals surface area contributed by atoms with E-state index in [1.807, 2.05) is 36.4 Å². The zero-order valence-electron chi connectivity index (χ0n) is 13.7. The minimum absolute atomic E-state index is 0.0504. The first-order chi connectivity index (χ1) is 12.1. The molecule has 0 spiro atoms. The summed E-state index contributed by atoms with van der Waals surface area (Å²) in [5, 5.41) is 18.8. The van der Waals surface area contributed by atoms with Crippen molar-refractivity contribution in [1.29, 1.82) is 0 Å². The molecule has 3 rings (SSSR count). The van der Waals surface area contributed by atoms with E-state index in [9.17, 15) is 0 Å². The second-order valence-electron chi connectivity index (χ2n) is 6.02. The van der Waals surface area contributed by atoms with E-state index >= 15 is 0 Å². The molecule has 0 aromatic heterocycles. The van der Waals surface area contributed by atoms with Gasteiger partial charge in [-0.05, 0) is 48.2 Å². The lowest BCUT2D eigenvalue weighted by Crippen LogP contribution is -2.10. The lowest BCUT2D eigenvalue weighted by atomic mass is 9.88. The van der Waals surface area contributed by atoms with E-state index in [-0.39, 0.29) is 31.8 Å². The third-order valence-electron chi connectivity index (χ3n) is 4.42. The maximum Gasteiger partial charge on any atom is 0.138 e. The average Bonchev–Trinajstić information content (AvgIpc) is 3.41. The van der Waals surface area contributed by atoms with Crippen LogP contribution in [0.1, 0.15) is 24.0 Å². The zero-order chi connectivity index (χ0) is 17.9. The SMILES string of the molecule is OCCOc1ccc(C2(c3ccc(OCCO)c(Cl)c3)CC2)cc1Cl. The first kappa shape index (κ1) is 18.3. The Morgan fingerprint density at radius 3 is 1.56 bits per heavy atom. The smallest absolute Gasteiger partial charge is 0.138 e. The Kier molecular flexibility index (Phi) is 5.74. The highest BCUT2D eigenvalue weighted by Gasteiger charge is 2.46. The standard InChI is InChI=1S/C19H20Cl2O4/c20-15-11-13(1-3-17(15)24-9-7-22)19(5-6-19)14-2-4-18(16(21)12-14)25-10-8-23/h1-4,11-12,22-23H,5-10H2. The van der Waals surface area contributed by atoms with Gasteiger partial charge in [-0.25, -0.2) is 0 Å². The highest BCUT2D eigenvalue weighted by atomic mass is 35.5. The summed E-state index contributed by atoms with van der Waals surface area (Å²) >= 11 is 12.6. The molecule has 0 amide bonds. The number of hydrogen-bond acceptors (Lipinski definition) is 4. The summed E-state index contributed by atoms with van der Waals surface area (Å²) in [5.74, 6) is 1.14. The molecule has 1 aliphatic rings. The van der Waals surface area contributed by atoms with E-state index < -0.39 is 0 Å². The molecule has 4 nitrogen and oxygen atoms in total. The third kappa shape index (κ3) is 3.87. The van der Waals surface area contributed by atoms with Gasteiger partial charge >= 0.3 is 0 Å². The van der Waals surface area contributed by atoms with Crippen LogP contribution in [0.25, 0.3) is 0 Å². The van der Waals surface area contributed by atoms with Crippen molar-refractivity contribution in [3.05, 3.63) is 57.6 Å². The molecule has 0 saturated heterocycles. The highest BCUT2D eigenvalue weighted by Crippen LogP contribution is 2.55. The van der Waals surface area contributed by atoms with Crippen molar-refractivity contribution in [2.75, 3.05) is 26.4 Å². The summed E-state index contributed by atoms with van der Waals surface area (Å²) in [4.78, 5) is 0. The Hall–Kier alpha value is -1.46. The van der Waals surface area contributed by atoms with Gasteiger partial charge in [-0.2, -0.15) is 0 Å². The normalized spacial score (nSPS) is 15.0. The number of aliphatic hydroxyl groups is 2. The molecular weight excluding hydrogens is 363 g/mol. The van der Waals surface area contributed by atoms with Crippen molar-refractivity contribution in [3.8, 4) is 11.5 Å². The van der Waals surface area contributed by atoms with E-state index in [2.05, 4.69) is 0 Å². The molecule has 2 aromatic rings. The molecule has 0 aliphatic heterocycles. The van der Waals surface area contributed by atoms with Crippen LogP contribution < -0.4 is 9.47 Å². The van der Waals surface area contributed by atoms with Crippen LogP contribution in [0, 0.1) is 0 Å². The predicted octanol–water partition coefficient (Wildman–Crippen LogP) is 3.82. The van der Waals surface area contributed by atoms with Crippen molar-refractivity contribution in [3.63, 3.8) is 0 Å². The van der Waals surface area contributed by atoms with Crippen molar-refractivity contribution in [2.24, 2.45) is 0 Å². The lowest BCUT2D eigenvalue weighted by Gasteiger charge is -2.19. The van der Waals surface area contributed by atoms with Crippen LogP contribution in [0.15, 0.2) is 36.4 Å². The molecule has 1 saturated carbocycles. The molecule has 2 N–H and O–H groups in total. The van der Waals surface area contributed by atoms with Gasteiger partial charge in [-0.15, -0.1) is 0 Å². The van der Waals surface area contributed by atoms with Gasteiger partial charge < -0.3 is 19.7 Å². The predicted molar refractivity (Wildman–Crippen MR) is 98.1 cm³/mol. The third-order valence-corrected chi connectivity index (χ3v) is 5.01. The van der Waals surface area contributed by atoms with Crippen LogP contribution in [-0.4, -0.2) is 36.6 Å². The number of hydrogen-bond donors (Lipinski definition) is 2. The Morgan fingerprint density at radius 1 is 0.800 bits per heavy atom. The Labute approximate surface area is 156 Å². The van der Waals surface area contributed by atoms with Crippen LogP contribution in [0.3, 0.4) is 0 Å². The second-order valence-corrected chi connectivity index (χ2v) is 6.83. The summed E-state index contributed by atoms with van der Waals surface area (Å²) in [7, 11) is 0. The van der Waals surface area contributed by atoms with Crippen molar-refractivity contribution >= 4 is 23.2 Å².